The molecule has 0 bridgehead atoms. The van der Waals surface area contributed by atoms with E-state index in [1.807, 2.05) is 6.07 Å². The fourth-order valence-electron chi connectivity index (χ4n) is 3.95. The van der Waals surface area contributed by atoms with Crippen LogP contribution < -0.4 is 5.73 Å². The summed E-state index contributed by atoms with van der Waals surface area (Å²) in [5, 5.41) is 0. The topological polar surface area (TPSA) is 43.1 Å². The minimum Gasteiger partial charge on any atom is -0.366 e. The molecular formula is C17H25NO. The molecule has 2 nitrogen and oxygen atoms in total. The molecule has 0 saturated carbocycles. The molecule has 1 aromatic carbocycles. The smallest absolute Gasteiger partial charge is 0.248 e. The van der Waals surface area contributed by atoms with Crippen LogP contribution in [0.3, 0.4) is 0 Å². The number of fused-ring (bicyclic) bond motifs is 1. The van der Waals surface area contributed by atoms with Crippen molar-refractivity contribution in [2.24, 2.45) is 17.6 Å². The van der Waals surface area contributed by atoms with Gasteiger partial charge in [0.1, 0.15) is 0 Å². The van der Waals surface area contributed by atoms with Crippen molar-refractivity contribution < 1.29 is 4.79 Å². The number of hydrogen-bond acceptors (Lipinski definition) is 1. The van der Waals surface area contributed by atoms with Crippen LogP contribution in [0.25, 0.3) is 0 Å². The number of carbonyl (C=O) groups excluding carboxylic acids is 1. The maximum absolute atomic E-state index is 11.5. The molecule has 1 amide bonds. The number of aryl methyl sites for hydroxylation is 1. The summed E-state index contributed by atoms with van der Waals surface area (Å²) in [6.45, 7) is 9.19. The molecule has 0 saturated heterocycles. The highest BCUT2D eigenvalue weighted by molar-refractivity contribution is 5.93. The zero-order chi connectivity index (χ0) is 14.2. The summed E-state index contributed by atoms with van der Waals surface area (Å²) in [6, 6.07) is 6.03. The Kier molecular flexibility index (Phi) is 3.71. The second-order valence-corrected chi connectivity index (χ2v) is 6.44. The summed E-state index contributed by atoms with van der Waals surface area (Å²) < 4.78 is 0. The van der Waals surface area contributed by atoms with Gasteiger partial charge in [-0.2, -0.15) is 0 Å². The monoisotopic (exact) mass is 259 g/mol. The van der Waals surface area contributed by atoms with E-state index in [0.29, 0.717) is 17.4 Å². The van der Waals surface area contributed by atoms with Crippen molar-refractivity contribution in [1.82, 2.24) is 0 Å². The van der Waals surface area contributed by atoms with Crippen LogP contribution in [0.1, 0.15) is 62.0 Å². The van der Waals surface area contributed by atoms with Gasteiger partial charge in [-0.1, -0.05) is 33.8 Å². The number of nitrogens with two attached hydrogens (primary N) is 1. The molecule has 104 valence electrons. The Bertz CT molecular complexity index is 480. The van der Waals surface area contributed by atoms with Crippen molar-refractivity contribution in [3.8, 4) is 0 Å². The zero-order valence-electron chi connectivity index (χ0n) is 12.5. The van der Waals surface area contributed by atoms with Gasteiger partial charge in [-0.3, -0.25) is 4.79 Å². The summed E-state index contributed by atoms with van der Waals surface area (Å²) >= 11 is 0. The molecule has 0 heterocycles. The van der Waals surface area contributed by atoms with Crippen LogP contribution in [0.15, 0.2) is 18.2 Å². The second-order valence-electron chi connectivity index (χ2n) is 6.44. The first-order valence-electron chi connectivity index (χ1n) is 7.32. The quantitative estimate of drug-likeness (QED) is 0.884. The van der Waals surface area contributed by atoms with Crippen LogP contribution in [-0.4, -0.2) is 5.91 Å². The highest BCUT2D eigenvalue weighted by Gasteiger charge is 2.41. The molecule has 1 aromatic rings. The lowest BCUT2D eigenvalue weighted by Crippen LogP contribution is -2.41. The molecule has 0 radical (unpaired) electrons. The third kappa shape index (κ3) is 2.18. The molecule has 2 rings (SSSR count). The Morgan fingerprint density at radius 1 is 1.21 bits per heavy atom. The van der Waals surface area contributed by atoms with Gasteiger partial charge in [0.15, 0.2) is 0 Å². The molecular weight excluding hydrogens is 234 g/mol. The van der Waals surface area contributed by atoms with Gasteiger partial charge in [0.2, 0.25) is 5.91 Å². The van der Waals surface area contributed by atoms with Crippen LogP contribution in [0.5, 0.6) is 0 Å². The van der Waals surface area contributed by atoms with Gasteiger partial charge >= 0.3 is 0 Å². The molecule has 19 heavy (non-hydrogen) atoms. The molecule has 2 N–H and O–H groups in total. The summed E-state index contributed by atoms with van der Waals surface area (Å²) in [7, 11) is 0. The van der Waals surface area contributed by atoms with Crippen molar-refractivity contribution >= 4 is 5.91 Å². The highest BCUT2D eigenvalue weighted by atomic mass is 16.1. The number of amides is 1. The van der Waals surface area contributed by atoms with Crippen molar-refractivity contribution in [1.29, 1.82) is 0 Å². The number of benzene rings is 1. The SMILES string of the molecule is CC(C)C1(C(C)C)CCCc2ccc(C(N)=O)cc21. The van der Waals surface area contributed by atoms with E-state index in [-0.39, 0.29) is 11.3 Å². The van der Waals surface area contributed by atoms with E-state index < -0.39 is 0 Å². The standard InChI is InChI=1S/C17H25NO/c1-11(2)17(12(3)4)9-5-6-13-7-8-14(16(18)19)10-15(13)17/h7-8,10-12H,5-6,9H2,1-4H3,(H2,18,19). The Morgan fingerprint density at radius 3 is 2.37 bits per heavy atom. The molecule has 0 aromatic heterocycles. The average Bonchev–Trinajstić information content (AvgIpc) is 2.36. The average molecular weight is 259 g/mol. The maximum Gasteiger partial charge on any atom is 0.248 e. The van der Waals surface area contributed by atoms with E-state index in [4.69, 9.17) is 5.73 Å². The third-order valence-corrected chi connectivity index (χ3v) is 4.99. The minimum atomic E-state index is -0.324. The molecule has 0 atom stereocenters. The Hall–Kier alpha value is -1.31. The molecule has 1 aliphatic rings. The van der Waals surface area contributed by atoms with Crippen LogP contribution in [0.2, 0.25) is 0 Å². The summed E-state index contributed by atoms with van der Waals surface area (Å²) in [5.41, 5.74) is 9.04. The van der Waals surface area contributed by atoms with E-state index in [2.05, 4.69) is 39.8 Å². The maximum atomic E-state index is 11.5. The zero-order valence-corrected chi connectivity index (χ0v) is 12.5. The Morgan fingerprint density at radius 2 is 1.84 bits per heavy atom. The van der Waals surface area contributed by atoms with Crippen LogP contribution in [-0.2, 0) is 11.8 Å². The summed E-state index contributed by atoms with van der Waals surface area (Å²) in [5.74, 6) is 0.805. The molecule has 0 spiro atoms. The van der Waals surface area contributed by atoms with Gasteiger partial charge < -0.3 is 5.73 Å². The normalized spacial score (nSPS) is 17.6. The van der Waals surface area contributed by atoms with Crippen LogP contribution in [0.4, 0.5) is 0 Å². The van der Waals surface area contributed by atoms with E-state index in [9.17, 15) is 4.79 Å². The fraction of sp³-hybridized carbons (Fsp3) is 0.588. The minimum absolute atomic E-state index is 0.180. The highest BCUT2D eigenvalue weighted by Crippen LogP contribution is 2.48. The van der Waals surface area contributed by atoms with Crippen molar-refractivity contribution in [2.45, 2.75) is 52.4 Å². The van der Waals surface area contributed by atoms with Gasteiger partial charge in [-0.25, -0.2) is 0 Å². The first-order valence-corrected chi connectivity index (χ1v) is 7.32. The fourth-order valence-corrected chi connectivity index (χ4v) is 3.95. The van der Waals surface area contributed by atoms with Gasteiger partial charge in [0.05, 0.1) is 0 Å². The number of rotatable bonds is 3. The van der Waals surface area contributed by atoms with Gasteiger partial charge in [-0.15, -0.1) is 0 Å². The number of hydrogen-bond donors (Lipinski definition) is 1. The number of carbonyl (C=O) groups is 1. The molecule has 2 heteroatoms. The van der Waals surface area contributed by atoms with Gasteiger partial charge in [-0.05, 0) is 54.4 Å². The van der Waals surface area contributed by atoms with E-state index in [1.165, 1.54) is 24.0 Å². The predicted octanol–water partition coefficient (Wildman–Crippen LogP) is 3.67. The molecule has 0 fully saturated rings. The van der Waals surface area contributed by atoms with Crippen LogP contribution >= 0.6 is 0 Å². The Labute approximate surface area is 116 Å². The largest absolute Gasteiger partial charge is 0.366 e. The Balaban J connectivity index is 2.64. The lowest BCUT2D eigenvalue weighted by molar-refractivity contribution is 0.0999. The van der Waals surface area contributed by atoms with E-state index >= 15 is 0 Å². The first kappa shape index (κ1) is 14.1. The molecule has 0 aliphatic heterocycles. The van der Waals surface area contributed by atoms with E-state index in [0.717, 1.165) is 6.42 Å². The summed E-state index contributed by atoms with van der Waals surface area (Å²) in [6.07, 6.45) is 3.56. The second kappa shape index (κ2) is 4.99. The summed E-state index contributed by atoms with van der Waals surface area (Å²) in [4.78, 5) is 11.5. The predicted molar refractivity (Wildman–Crippen MR) is 79.3 cm³/mol. The van der Waals surface area contributed by atoms with Crippen molar-refractivity contribution in [2.75, 3.05) is 0 Å². The molecule has 1 aliphatic carbocycles. The van der Waals surface area contributed by atoms with E-state index in [1.54, 1.807) is 0 Å². The first-order chi connectivity index (χ1) is 8.89. The lowest BCUT2D eigenvalue weighted by atomic mass is 9.58. The third-order valence-electron chi connectivity index (χ3n) is 4.99. The van der Waals surface area contributed by atoms with Gasteiger partial charge in [0, 0.05) is 11.0 Å². The number of primary amides is 1. The van der Waals surface area contributed by atoms with Gasteiger partial charge in [0.25, 0.3) is 0 Å². The van der Waals surface area contributed by atoms with Crippen molar-refractivity contribution in [3.05, 3.63) is 34.9 Å². The van der Waals surface area contributed by atoms with Crippen molar-refractivity contribution in [3.63, 3.8) is 0 Å². The van der Waals surface area contributed by atoms with Crippen LogP contribution in [0, 0.1) is 11.8 Å². The lowest BCUT2D eigenvalue weighted by Gasteiger charge is -2.46. The molecule has 0 unspecified atom stereocenters.